The molecule has 3 aromatic heterocycles. The minimum atomic E-state index is 0.660. The Balaban J connectivity index is 1.86. The van der Waals surface area contributed by atoms with Crippen molar-refractivity contribution >= 4 is 5.69 Å². The fourth-order valence-corrected chi connectivity index (χ4v) is 2.02. The van der Waals surface area contributed by atoms with Crippen LogP contribution in [-0.2, 0) is 6.54 Å². The highest BCUT2D eigenvalue weighted by atomic mass is 15.1. The van der Waals surface area contributed by atoms with Crippen LogP contribution in [0.25, 0.3) is 5.82 Å². The first-order valence-corrected chi connectivity index (χ1v) is 6.44. The fraction of sp³-hybridized carbons (Fsp3) is 0.133. The Bertz CT molecular complexity index is 690. The second kappa shape index (κ2) is 5.52. The molecular formula is C15H15N5. The van der Waals surface area contributed by atoms with Gasteiger partial charge in [-0.15, -0.1) is 0 Å². The molecular weight excluding hydrogens is 250 g/mol. The van der Waals surface area contributed by atoms with Crippen molar-refractivity contribution < 1.29 is 0 Å². The molecule has 0 saturated carbocycles. The maximum atomic E-state index is 4.43. The number of rotatable bonds is 4. The molecule has 0 radical (unpaired) electrons. The second-order valence-electron chi connectivity index (χ2n) is 4.39. The lowest BCUT2D eigenvalue weighted by Crippen LogP contribution is -2.07. The van der Waals surface area contributed by atoms with Crippen LogP contribution in [0.15, 0.2) is 55.1 Å². The van der Waals surface area contributed by atoms with Gasteiger partial charge in [-0.2, -0.15) is 0 Å². The van der Waals surface area contributed by atoms with Crippen molar-refractivity contribution in [1.82, 2.24) is 19.5 Å². The Morgan fingerprint density at radius 1 is 1.00 bits per heavy atom. The van der Waals surface area contributed by atoms with Gasteiger partial charge in [-0.1, -0.05) is 6.07 Å². The second-order valence-corrected chi connectivity index (χ2v) is 4.39. The van der Waals surface area contributed by atoms with Gasteiger partial charge in [0.25, 0.3) is 0 Å². The molecule has 0 aliphatic rings. The lowest BCUT2D eigenvalue weighted by molar-refractivity contribution is 0.926. The first-order chi connectivity index (χ1) is 9.84. The number of hydrogen-bond donors (Lipinski definition) is 1. The monoisotopic (exact) mass is 265 g/mol. The zero-order valence-electron chi connectivity index (χ0n) is 11.2. The van der Waals surface area contributed by atoms with Crippen LogP contribution in [0.4, 0.5) is 5.69 Å². The maximum absolute atomic E-state index is 4.43. The number of aromatic nitrogens is 4. The molecule has 0 aliphatic heterocycles. The van der Waals surface area contributed by atoms with E-state index in [9.17, 15) is 0 Å². The van der Waals surface area contributed by atoms with Gasteiger partial charge in [-0.3, -0.25) is 9.55 Å². The maximum Gasteiger partial charge on any atom is 0.161 e. The molecule has 3 heterocycles. The highest BCUT2D eigenvalue weighted by molar-refractivity contribution is 5.57. The summed E-state index contributed by atoms with van der Waals surface area (Å²) in [5, 5.41) is 3.37. The van der Waals surface area contributed by atoms with Gasteiger partial charge in [-0.05, 0) is 31.2 Å². The molecule has 0 aliphatic carbocycles. The summed E-state index contributed by atoms with van der Waals surface area (Å²) in [4.78, 5) is 13.0. The molecule has 0 aromatic carbocycles. The number of hydrogen-bond acceptors (Lipinski definition) is 4. The first kappa shape index (κ1) is 12.3. The lowest BCUT2D eigenvalue weighted by atomic mass is 10.3. The average molecular weight is 265 g/mol. The summed E-state index contributed by atoms with van der Waals surface area (Å²) in [7, 11) is 0. The third-order valence-corrected chi connectivity index (χ3v) is 3.03. The number of pyridine rings is 2. The summed E-state index contributed by atoms with van der Waals surface area (Å²) in [6.45, 7) is 2.62. The van der Waals surface area contributed by atoms with Crippen LogP contribution in [-0.4, -0.2) is 19.5 Å². The quantitative estimate of drug-likeness (QED) is 0.787. The topological polar surface area (TPSA) is 55.6 Å². The van der Waals surface area contributed by atoms with Crippen molar-refractivity contribution in [2.45, 2.75) is 13.5 Å². The number of nitrogens with zero attached hydrogens (tertiary/aromatic N) is 4. The molecule has 0 atom stereocenters. The highest BCUT2D eigenvalue weighted by Crippen LogP contribution is 2.18. The van der Waals surface area contributed by atoms with Crippen molar-refractivity contribution in [3.8, 4) is 5.82 Å². The van der Waals surface area contributed by atoms with Crippen molar-refractivity contribution in [3.63, 3.8) is 0 Å². The van der Waals surface area contributed by atoms with Gasteiger partial charge in [0.05, 0.1) is 17.9 Å². The van der Waals surface area contributed by atoms with Crippen LogP contribution in [0.2, 0.25) is 0 Å². The van der Waals surface area contributed by atoms with E-state index in [1.54, 1.807) is 18.6 Å². The van der Waals surface area contributed by atoms with Crippen LogP contribution in [0.1, 0.15) is 11.5 Å². The van der Waals surface area contributed by atoms with E-state index >= 15 is 0 Å². The van der Waals surface area contributed by atoms with Gasteiger partial charge in [0, 0.05) is 24.8 Å². The molecule has 3 rings (SSSR count). The number of imidazole rings is 1. The predicted octanol–water partition coefficient (Wildman–Crippen LogP) is 2.58. The largest absolute Gasteiger partial charge is 0.376 e. The third-order valence-electron chi connectivity index (χ3n) is 3.03. The van der Waals surface area contributed by atoms with Gasteiger partial charge in [0.1, 0.15) is 5.82 Å². The molecule has 0 saturated heterocycles. The molecule has 0 amide bonds. The Kier molecular flexibility index (Phi) is 3.41. The molecule has 3 aromatic rings. The Hall–Kier alpha value is -2.69. The molecule has 0 bridgehead atoms. The normalized spacial score (nSPS) is 10.4. The minimum absolute atomic E-state index is 0.660. The summed E-state index contributed by atoms with van der Waals surface area (Å²) >= 11 is 0. The van der Waals surface area contributed by atoms with E-state index in [2.05, 4.69) is 20.3 Å². The molecule has 20 heavy (non-hydrogen) atoms. The molecule has 5 heteroatoms. The van der Waals surface area contributed by atoms with Crippen LogP contribution < -0.4 is 5.32 Å². The SMILES string of the molecule is Cc1nccn1-c1ncccc1NCc1ccccn1. The van der Waals surface area contributed by atoms with Gasteiger partial charge in [-0.25, -0.2) is 9.97 Å². The lowest BCUT2D eigenvalue weighted by Gasteiger charge is -2.12. The standard InChI is InChI=1S/C15H15N5/c1-12-16-9-10-20(12)15-14(6-4-8-18-15)19-11-13-5-2-3-7-17-13/h2-10,19H,11H2,1H3. The summed E-state index contributed by atoms with van der Waals surface area (Å²) < 4.78 is 1.96. The predicted molar refractivity (Wildman–Crippen MR) is 77.7 cm³/mol. The number of anilines is 1. The summed E-state index contributed by atoms with van der Waals surface area (Å²) in [5.41, 5.74) is 1.95. The van der Waals surface area contributed by atoms with Gasteiger partial charge in [0.15, 0.2) is 5.82 Å². The van der Waals surface area contributed by atoms with Crippen LogP contribution >= 0.6 is 0 Å². The summed E-state index contributed by atoms with van der Waals surface area (Å²) in [6.07, 6.45) is 7.25. The van der Waals surface area contributed by atoms with Crippen LogP contribution in [0, 0.1) is 6.92 Å². The summed E-state index contributed by atoms with van der Waals surface area (Å²) in [5.74, 6) is 1.75. The number of aryl methyl sites for hydroxylation is 1. The average Bonchev–Trinajstić information content (AvgIpc) is 2.92. The molecule has 100 valence electrons. The van der Waals surface area contributed by atoms with E-state index < -0.39 is 0 Å². The molecule has 0 unspecified atom stereocenters. The molecule has 5 nitrogen and oxygen atoms in total. The van der Waals surface area contributed by atoms with E-state index in [4.69, 9.17) is 0 Å². The molecule has 0 fully saturated rings. The third kappa shape index (κ3) is 2.51. The molecule has 0 spiro atoms. The van der Waals surface area contributed by atoms with Gasteiger partial charge in [0.2, 0.25) is 0 Å². The van der Waals surface area contributed by atoms with Crippen LogP contribution in [0.5, 0.6) is 0 Å². The van der Waals surface area contributed by atoms with Crippen molar-refractivity contribution in [3.05, 3.63) is 66.6 Å². The zero-order valence-corrected chi connectivity index (χ0v) is 11.2. The highest BCUT2D eigenvalue weighted by Gasteiger charge is 2.07. The Morgan fingerprint density at radius 3 is 2.65 bits per heavy atom. The van der Waals surface area contributed by atoms with E-state index in [1.807, 2.05) is 48.0 Å². The van der Waals surface area contributed by atoms with E-state index in [0.717, 1.165) is 23.0 Å². The Labute approximate surface area is 117 Å². The molecule has 1 N–H and O–H groups in total. The Morgan fingerprint density at radius 2 is 1.90 bits per heavy atom. The first-order valence-electron chi connectivity index (χ1n) is 6.44. The smallest absolute Gasteiger partial charge is 0.161 e. The summed E-state index contributed by atoms with van der Waals surface area (Å²) in [6, 6.07) is 9.80. The van der Waals surface area contributed by atoms with Crippen molar-refractivity contribution in [1.29, 1.82) is 0 Å². The zero-order chi connectivity index (χ0) is 13.8. The minimum Gasteiger partial charge on any atom is -0.376 e. The van der Waals surface area contributed by atoms with Gasteiger partial charge >= 0.3 is 0 Å². The van der Waals surface area contributed by atoms with Crippen molar-refractivity contribution in [2.75, 3.05) is 5.32 Å². The van der Waals surface area contributed by atoms with E-state index in [1.165, 1.54) is 0 Å². The number of nitrogens with one attached hydrogen (secondary N) is 1. The van der Waals surface area contributed by atoms with Gasteiger partial charge < -0.3 is 5.32 Å². The van der Waals surface area contributed by atoms with E-state index in [-0.39, 0.29) is 0 Å². The van der Waals surface area contributed by atoms with Crippen LogP contribution in [0.3, 0.4) is 0 Å². The van der Waals surface area contributed by atoms with Crippen molar-refractivity contribution in [2.24, 2.45) is 0 Å². The fourth-order valence-electron chi connectivity index (χ4n) is 2.02. The van der Waals surface area contributed by atoms with E-state index in [0.29, 0.717) is 6.54 Å².